The third-order valence-corrected chi connectivity index (χ3v) is 5.67. The summed E-state index contributed by atoms with van der Waals surface area (Å²) in [5.74, 6) is 0.812. The van der Waals surface area contributed by atoms with Crippen molar-refractivity contribution in [3.63, 3.8) is 0 Å². The summed E-state index contributed by atoms with van der Waals surface area (Å²) in [5.41, 5.74) is 4.15. The van der Waals surface area contributed by atoms with Gasteiger partial charge < -0.3 is 5.32 Å². The van der Waals surface area contributed by atoms with Crippen LogP contribution in [-0.4, -0.2) is 41.0 Å². The Labute approximate surface area is 172 Å². The van der Waals surface area contributed by atoms with Crippen LogP contribution in [0.4, 0.5) is 0 Å². The van der Waals surface area contributed by atoms with Crippen LogP contribution in [0.5, 0.6) is 0 Å². The molecular formula is C20H21N7OS. The molecule has 1 amide bonds. The first-order valence-electron chi connectivity index (χ1n) is 9.22. The van der Waals surface area contributed by atoms with E-state index >= 15 is 0 Å². The highest BCUT2D eigenvalue weighted by Gasteiger charge is 2.17. The molecule has 29 heavy (non-hydrogen) atoms. The van der Waals surface area contributed by atoms with Crippen molar-refractivity contribution in [3.8, 4) is 5.69 Å². The molecule has 0 bridgehead atoms. The number of hydrogen-bond acceptors (Lipinski definition) is 6. The molecule has 1 atom stereocenters. The van der Waals surface area contributed by atoms with Crippen molar-refractivity contribution >= 4 is 23.3 Å². The quantitative estimate of drug-likeness (QED) is 0.494. The van der Waals surface area contributed by atoms with E-state index in [1.54, 1.807) is 6.33 Å². The zero-order valence-electron chi connectivity index (χ0n) is 16.4. The molecule has 0 aliphatic heterocycles. The van der Waals surface area contributed by atoms with Crippen LogP contribution in [-0.2, 0) is 4.79 Å². The fourth-order valence-electron chi connectivity index (χ4n) is 3.01. The predicted molar refractivity (Wildman–Crippen MR) is 111 cm³/mol. The molecule has 3 heterocycles. The van der Waals surface area contributed by atoms with Gasteiger partial charge in [-0.15, -0.1) is 20.4 Å². The molecule has 148 valence electrons. The minimum atomic E-state index is -0.266. The van der Waals surface area contributed by atoms with E-state index in [1.165, 1.54) is 22.9 Å². The Kier molecular flexibility index (Phi) is 5.30. The lowest BCUT2D eigenvalue weighted by Crippen LogP contribution is -2.29. The molecule has 1 N–H and O–H groups in total. The van der Waals surface area contributed by atoms with E-state index in [-0.39, 0.29) is 17.7 Å². The predicted octanol–water partition coefficient (Wildman–Crippen LogP) is 2.90. The van der Waals surface area contributed by atoms with Gasteiger partial charge in [-0.05, 0) is 56.2 Å². The Morgan fingerprint density at radius 1 is 1.14 bits per heavy atom. The maximum absolute atomic E-state index is 12.5. The summed E-state index contributed by atoms with van der Waals surface area (Å²) in [7, 11) is 0. The number of nitrogens with zero attached hydrogens (tertiary/aromatic N) is 6. The zero-order chi connectivity index (χ0) is 20.4. The first kappa shape index (κ1) is 19.1. The van der Waals surface area contributed by atoms with E-state index in [0.29, 0.717) is 11.0 Å². The lowest BCUT2D eigenvalue weighted by molar-refractivity contribution is -0.119. The molecule has 0 aliphatic rings. The van der Waals surface area contributed by atoms with Crippen LogP contribution >= 0.6 is 11.8 Å². The van der Waals surface area contributed by atoms with E-state index in [4.69, 9.17) is 0 Å². The molecule has 0 saturated carbocycles. The number of hydrogen-bond donors (Lipinski definition) is 1. The van der Waals surface area contributed by atoms with Crippen LogP contribution in [0, 0.1) is 13.8 Å². The summed E-state index contributed by atoms with van der Waals surface area (Å²) >= 11 is 1.34. The van der Waals surface area contributed by atoms with E-state index in [0.717, 1.165) is 11.3 Å². The van der Waals surface area contributed by atoms with Gasteiger partial charge in [0.1, 0.15) is 6.33 Å². The fourth-order valence-corrected chi connectivity index (χ4v) is 3.75. The molecular weight excluding hydrogens is 386 g/mol. The van der Waals surface area contributed by atoms with Gasteiger partial charge in [0, 0.05) is 11.9 Å². The number of rotatable bonds is 6. The Balaban J connectivity index is 1.41. The van der Waals surface area contributed by atoms with Gasteiger partial charge in [0.05, 0.1) is 11.8 Å². The van der Waals surface area contributed by atoms with Crippen molar-refractivity contribution in [3.05, 3.63) is 65.9 Å². The Morgan fingerprint density at radius 2 is 2.00 bits per heavy atom. The molecule has 0 fully saturated rings. The van der Waals surface area contributed by atoms with E-state index in [9.17, 15) is 4.79 Å². The van der Waals surface area contributed by atoms with Gasteiger partial charge >= 0.3 is 0 Å². The SMILES string of the molecule is Cc1ccc(-n2cnnc2SCC(=O)NC(C)c2nnc3ccccn23)cc1C. The van der Waals surface area contributed by atoms with Gasteiger partial charge in [-0.3, -0.25) is 13.8 Å². The molecule has 0 aliphatic carbocycles. The van der Waals surface area contributed by atoms with Crippen molar-refractivity contribution < 1.29 is 4.79 Å². The highest BCUT2D eigenvalue weighted by molar-refractivity contribution is 7.99. The molecule has 1 aromatic carbocycles. The van der Waals surface area contributed by atoms with E-state index in [2.05, 4.69) is 51.7 Å². The highest BCUT2D eigenvalue weighted by atomic mass is 32.2. The number of pyridine rings is 1. The van der Waals surface area contributed by atoms with Crippen LogP contribution in [0.1, 0.15) is 29.9 Å². The van der Waals surface area contributed by atoms with Gasteiger partial charge in [0.25, 0.3) is 0 Å². The second-order valence-corrected chi connectivity index (χ2v) is 7.76. The summed E-state index contributed by atoms with van der Waals surface area (Å²) in [5, 5.41) is 20.1. The summed E-state index contributed by atoms with van der Waals surface area (Å²) in [6.45, 7) is 6.04. The standard InChI is InChI=1S/C20H21N7OS/c1-13-7-8-16(10-14(13)2)27-12-21-25-20(27)29-11-18(28)22-15(3)19-24-23-17-6-4-5-9-26(17)19/h4-10,12,15H,11H2,1-3H3,(H,22,28). The van der Waals surface area contributed by atoms with Gasteiger partial charge in [-0.25, -0.2) is 0 Å². The molecule has 3 aromatic heterocycles. The minimum absolute atomic E-state index is 0.107. The molecule has 8 nitrogen and oxygen atoms in total. The van der Waals surface area contributed by atoms with Crippen molar-refractivity contribution in [1.29, 1.82) is 0 Å². The van der Waals surface area contributed by atoms with Gasteiger partial charge in [0.15, 0.2) is 16.6 Å². The monoisotopic (exact) mass is 407 g/mol. The molecule has 1 unspecified atom stereocenters. The highest BCUT2D eigenvalue weighted by Crippen LogP contribution is 2.21. The fraction of sp³-hybridized carbons (Fsp3) is 0.250. The first-order chi connectivity index (χ1) is 14.0. The smallest absolute Gasteiger partial charge is 0.231 e. The average Bonchev–Trinajstić information content (AvgIpc) is 3.35. The Morgan fingerprint density at radius 3 is 2.83 bits per heavy atom. The van der Waals surface area contributed by atoms with Crippen molar-refractivity contribution in [2.75, 3.05) is 5.75 Å². The summed E-state index contributed by atoms with van der Waals surface area (Å²) in [4.78, 5) is 12.5. The van der Waals surface area contributed by atoms with Crippen LogP contribution in [0.25, 0.3) is 11.3 Å². The van der Waals surface area contributed by atoms with Crippen LogP contribution < -0.4 is 5.32 Å². The second kappa shape index (κ2) is 8.04. The lowest BCUT2D eigenvalue weighted by atomic mass is 10.1. The number of benzene rings is 1. The molecule has 4 rings (SSSR count). The van der Waals surface area contributed by atoms with Crippen molar-refractivity contribution in [1.82, 2.24) is 34.7 Å². The number of thioether (sulfide) groups is 1. The van der Waals surface area contributed by atoms with E-state index < -0.39 is 0 Å². The minimum Gasteiger partial charge on any atom is -0.346 e. The third-order valence-electron chi connectivity index (χ3n) is 4.72. The number of aryl methyl sites for hydroxylation is 2. The Bertz CT molecular complexity index is 1170. The summed E-state index contributed by atoms with van der Waals surface area (Å²) < 4.78 is 3.76. The van der Waals surface area contributed by atoms with Gasteiger partial charge in [-0.1, -0.05) is 23.9 Å². The summed E-state index contributed by atoms with van der Waals surface area (Å²) in [6.07, 6.45) is 3.55. The maximum Gasteiger partial charge on any atom is 0.231 e. The first-order valence-corrected chi connectivity index (χ1v) is 10.2. The zero-order valence-corrected chi connectivity index (χ0v) is 17.2. The number of carbonyl (C=O) groups excluding carboxylic acids is 1. The average molecular weight is 408 g/mol. The number of aromatic nitrogens is 6. The number of carbonyl (C=O) groups is 1. The van der Waals surface area contributed by atoms with Crippen LogP contribution in [0.2, 0.25) is 0 Å². The van der Waals surface area contributed by atoms with Crippen molar-refractivity contribution in [2.45, 2.75) is 32.0 Å². The second-order valence-electron chi connectivity index (χ2n) is 6.82. The van der Waals surface area contributed by atoms with Crippen LogP contribution in [0.3, 0.4) is 0 Å². The number of amides is 1. The topological polar surface area (TPSA) is 90.0 Å². The van der Waals surface area contributed by atoms with Crippen molar-refractivity contribution in [2.24, 2.45) is 0 Å². The summed E-state index contributed by atoms with van der Waals surface area (Å²) in [6, 6.07) is 11.6. The lowest BCUT2D eigenvalue weighted by Gasteiger charge is -2.12. The molecule has 0 radical (unpaired) electrons. The van der Waals surface area contributed by atoms with Crippen LogP contribution in [0.15, 0.2) is 54.1 Å². The molecule has 0 spiro atoms. The number of nitrogens with one attached hydrogen (secondary N) is 1. The van der Waals surface area contributed by atoms with E-state index in [1.807, 2.05) is 46.4 Å². The molecule has 9 heteroatoms. The maximum atomic E-state index is 12.5. The van der Waals surface area contributed by atoms with Gasteiger partial charge in [-0.2, -0.15) is 0 Å². The third kappa shape index (κ3) is 4.00. The number of fused-ring (bicyclic) bond motifs is 1. The molecule has 0 saturated heterocycles. The normalized spacial score (nSPS) is 12.2. The molecule has 4 aromatic rings. The largest absolute Gasteiger partial charge is 0.346 e. The van der Waals surface area contributed by atoms with Gasteiger partial charge in [0.2, 0.25) is 5.91 Å². The Hall–Kier alpha value is -3.20.